The number of carboxylic acid groups (broad SMARTS) is 1. The molecule has 1 aliphatic heterocycles. The molecule has 1 aromatic rings. The van der Waals surface area contributed by atoms with E-state index in [1.807, 2.05) is 24.3 Å². The van der Waals surface area contributed by atoms with Crippen LogP contribution < -0.4 is 10.1 Å². The molecule has 2 N–H and O–H groups in total. The lowest BCUT2D eigenvalue weighted by Crippen LogP contribution is -2.51. The summed E-state index contributed by atoms with van der Waals surface area (Å²) in [6.07, 6.45) is 1.49. The molecule has 1 saturated heterocycles. The zero-order chi connectivity index (χ0) is 19.3. The molecule has 142 valence electrons. The first-order valence-corrected chi connectivity index (χ1v) is 8.69. The van der Waals surface area contributed by atoms with Crippen molar-refractivity contribution in [2.45, 2.75) is 39.2 Å². The number of aliphatic carboxylic acids is 1. The molecule has 7 heteroatoms. The van der Waals surface area contributed by atoms with E-state index in [2.05, 4.69) is 5.32 Å². The number of likely N-dealkylation sites (tertiary alicyclic amines) is 1. The first-order chi connectivity index (χ1) is 12.3. The van der Waals surface area contributed by atoms with Crippen molar-refractivity contribution in [2.24, 2.45) is 5.41 Å². The van der Waals surface area contributed by atoms with Crippen molar-refractivity contribution in [1.29, 1.82) is 0 Å². The van der Waals surface area contributed by atoms with Crippen LogP contribution >= 0.6 is 0 Å². The molecule has 0 radical (unpaired) electrons. The summed E-state index contributed by atoms with van der Waals surface area (Å²) in [6.45, 7) is 3.84. The monoisotopic (exact) mass is 362 g/mol. The summed E-state index contributed by atoms with van der Waals surface area (Å²) in [5, 5.41) is 11.9. The van der Waals surface area contributed by atoms with Crippen molar-refractivity contribution < 1.29 is 24.2 Å². The average molecular weight is 362 g/mol. The van der Waals surface area contributed by atoms with Crippen LogP contribution in [0.1, 0.15) is 32.3 Å². The van der Waals surface area contributed by atoms with Crippen LogP contribution in [0.5, 0.6) is 5.75 Å². The molecule has 0 unspecified atom stereocenters. The summed E-state index contributed by atoms with van der Waals surface area (Å²) in [7, 11) is 1.58. The van der Waals surface area contributed by atoms with Gasteiger partial charge in [-0.3, -0.25) is 14.4 Å². The summed E-state index contributed by atoms with van der Waals surface area (Å²) in [4.78, 5) is 37.6. The van der Waals surface area contributed by atoms with Gasteiger partial charge >= 0.3 is 5.97 Å². The molecule has 2 rings (SSSR count). The van der Waals surface area contributed by atoms with E-state index in [4.69, 9.17) is 9.84 Å². The molecular weight excluding hydrogens is 336 g/mol. The molecule has 0 saturated carbocycles. The van der Waals surface area contributed by atoms with E-state index in [1.165, 1.54) is 13.8 Å². The van der Waals surface area contributed by atoms with Crippen LogP contribution in [0.4, 0.5) is 0 Å². The summed E-state index contributed by atoms with van der Waals surface area (Å²) < 4.78 is 5.28. The van der Waals surface area contributed by atoms with Crippen LogP contribution in [-0.2, 0) is 20.8 Å². The number of carbonyl (C=O) groups is 3. The minimum Gasteiger partial charge on any atom is -0.496 e. The van der Waals surface area contributed by atoms with Gasteiger partial charge in [0.15, 0.2) is 0 Å². The van der Waals surface area contributed by atoms with E-state index >= 15 is 0 Å². The van der Waals surface area contributed by atoms with Gasteiger partial charge < -0.3 is 20.1 Å². The Morgan fingerprint density at radius 1 is 1.23 bits per heavy atom. The van der Waals surface area contributed by atoms with E-state index in [9.17, 15) is 14.4 Å². The summed E-state index contributed by atoms with van der Waals surface area (Å²) in [6, 6.07) is 7.32. The number of benzene rings is 1. The van der Waals surface area contributed by atoms with E-state index in [0.29, 0.717) is 31.7 Å². The molecule has 7 nitrogen and oxygen atoms in total. The Balaban J connectivity index is 1.87. The SMILES string of the molecule is COc1ccccc1CC(=O)N1CCC(NC(=O)C(C)(C)C(=O)O)CC1. The van der Waals surface area contributed by atoms with E-state index in [-0.39, 0.29) is 18.4 Å². The van der Waals surface area contributed by atoms with Gasteiger partial charge in [-0.1, -0.05) is 18.2 Å². The fourth-order valence-electron chi connectivity index (χ4n) is 2.86. The van der Waals surface area contributed by atoms with Gasteiger partial charge in [-0.05, 0) is 32.8 Å². The number of nitrogens with zero attached hydrogens (tertiary/aromatic N) is 1. The van der Waals surface area contributed by atoms with Gasteiger partial charge in [-0.2, -0.15) is 0 Å². The number of nitrogens with one attached hydrogen (secondary N) is 1. The van der Waals surface area contributed by atoms with Gasteiger partial charge in [0.1, 0.15) is 11.2 Å². The Morgan fingerprint density at radius 2 is 1.85 bits per heavy atom. The van der Waals surface area contributed by atoms with Gasteiger partial charge in [0, 0.05) is 24.7 Å². The smallest absolute Gasteiger partial charge is 0.318 e. The Kier molecular flexibility index (Phi) is 6.23. The molecule has 1 fully saturated rings. The standard InChI is InChI=1S/C19H26N2O5/c1-19(2,18(24)25)17(23)20-14-8-10-21(11-9-14)16(22)12-13-6-4-5-7-15(13)26-3/h4-7,14H,8-12H2,1-3H3,(H,20,23)(H,24,25). The van der Waals surface area contributed by atoms with Crippen LogP contribution in [-0.4, -0.2) is 54.0 Å². The number of rotatable bonds is 6. The second-order valence-corrected chi connectivity index (χ2v) is 7.05. The highest BCUT2D eigenvalue weighted by Gasteiger charge is 2.37. The van der Waals surface area contributed by atoms with Crippen molar-refractivity contribution in [2.75, 3.05) is 20.2 Å². The highest BCUT2D eigenvalue weighted by atomic mass is 16.5. The number of para-hydroxylation sites is 1. The maximum absolute atomic E-state index is 12.5. The predicted octanol–water partition coefficient (Wildman–Crippen LogP) is 1.46. The van der Waals surface area contributed by atoms with Crippen molar-refractivity contribution >= 4 is 17.8 Å². The number of piperidine rings is 1. The molecule has 0 aromatic heterocycles. The van der Waals surface area contributed by atoms with E-state index in [0.717, 1.165) is 5.56 Å². The van der Waals surface area contributed by atoms with Crippen molar-refractivity contribution in [1.82, 2.24) is 10.2 Å². The minimum atomic E-state index is -1.46. The predicted molar refractivity (Wildman–Crippen MR) is 95.9 cm³/mol. The Labute approximate surface area is 153 Å². The number of hydrogen-bond donors (Lipinski definition) is 2. The maximum Gasteiger partial charge on any atom is 0.318 e. The molecule has 1 aromatic carbocycles. The van der Waals surface area contributed by atoms with Crippen molar-refractivity contribution in [3.63, 3.8) is 0 Å². The van der Waals surface area contributed by atoms with Gasteiger partial charge in [-0.25, -0.2) is 0 Å². The lowest BCUT2D eigenvalue weighted by molar-refractivity contribution is -0.153. The fourth-order valence-corrected chi connectivity index (χ4v) is 2.86. The highest BCUT2D eigenvalue weighted by molar-refractivity contribution is 6.01. The summed E-state index contributed by atoms with van der Waals surface area (Å²) in [5.41, 5.74) is -0.616. The number of carboxylic acids is 1. The number of carbonyl (C=O) groups excluding carboxylic acids is 2. The van der Waals surface area contributed by atoms with Gasteiger partial charge in [-0.15, -0.1) is 0 Å². The van der Waals surface area contributed by atoms with E-state index in [1.54, 1.807) is 12.0 Å². The van der Waals surface area contributed by atoms with Crippen LogP contribution in [0.2, 0.25) is 0 Å². The molecule has 1 heterocycles. The molecule has 0 spiro atoms. The third-order valence-corrected chi connectivity index (χ3v) is 4.82. The second kappa shape index (κ2) is 8.21. The largest absolute Gasteiger partial charge is 0.496 e. The molecular formula is C19H26N2O5. The quantitative estimate of drug-likeness (QED) is 0.747. The van der Waals surface area contributed by atoms with Crippen molar-refractivity contribution in [3.8, 4) is 5.75 Å². The third-order valence-electron chi connectivity index (χ3n) is 4.82. The number of amides is 2. The summed E-state index contributed by atoms with van der Waals surface area (Å²) >= 11 is 0. The second-order valence-electron chi connectivity index (χ2n) is 7.05. The van der Waals surface area contributed by atoms with Gasteiger partial charge in [0.25, 0.3) is 0 Å². The molecule has 0 aliphatic carbocycles. The van der Waals surface area contributed by atoms with E-state index < -0.39 is 17.3 Å². The van der Waals surface area contributed by atoms with Crippen LogP contribution in [0.3, 0.4) is 0 Å². The Bertz CT molecular complexity index is 678. The van der Waals surface area contributed by atoms with Crippen LogP contribution in [0.15, 0.2) is 24.3 Å². The fraction of sp³-hybridized carbons (Fsp3) is 0.526. The minimum absolute atomic E-state index is 0.0187. The summed E-state index contributed by atoms with van der Waals surface area (Å²) in [5.74, 6) is -0.938. The lowest BCUT2D eigenvalue weighted by Gasteiger charge is -2.33. The molecule has 0 bridgehead atoms. The topological polar surface area (TPSA) is 95.9 Å². The van der Waals surface area contributed by atoms with Gasteiger partial charge in [0.05, 0.1) is 13.5 Å². The number of ether oxygens (including phenoxy) is 1. The molecule has 1 aliphatic rings. The third kappa shape index (κ3) is 4.53. The van der Waals surface area contributed by atoms with Crippen LogP contribution in [0.25, 0.3) is 0 Å². The zero-order valence-corrected chi connectivity index (χ0v) is 15.4. The normalized spacial score (nSPS) is 15.4. The van der Waals surface area contributed by atoms with Crippen LogP contribution in [0, 0.1) is 5.41 Å². The number of methoxy groups -OCH3 is 1. The Morgan fingerprint density at radius 3 is 2.42 bits per heavy atom. The number of hydrogen-bond acceptors (Lipinski definition) is 4. The van der Waals surface area contributed by atoms with Gasteiger partial charge in [0.2, 0.25) is 11.8 Å². The Hall–Kier alpha value is -2.57. The highest BCUT2D eigenvalue weighted by Crippen LogP contribution is 2.21. The first-order valence-electron chi connectivity index (χ1n) is 8.69. The molecule has 0 atom stereocenters. The first kappa shape index (κ1) is 19.8. The maximum atomic E-state index is 12.5. The van der Waals surface area contributed by atoms with Crippen molar-refractivity contribution in [3.05, 3.63) is 29.8 Å². The average Bonchev–Trinajstić information content (AvgIpc) is 2.62. The molecule has 26 heavy (non-hydrogen) atoms. The molecule has 2 amide bonds. The lowest BCUT2D eigenvalue weighted by atomic mass is 9.91. The zero-order valence-electron chi connectivity index (χ0n) is 15.4.